The van der Waals surface area contributed by atoms with E-state index >= 15 is 0 Å². The van der Waals surface area contributed by atoms with Crippen LogP contribution in [0.1, 0.15) is 31.7 Å². The third kappa shape index (κ3) is 5.28. The molecule has 2 saturated heterocycles. The van der Waals surface area contributed by atoms with E-state index in [0.717, 1.165) is 45.2 Å². The van der Waals surface area contributed by atoms with E-state index in [2.05, 4.69) is 33.1 Å². The van der Waals surface area contributed by atoms with Gasteiger partial charge < -0.3 is 5.32 Å². The van der Waals surface area contributed by atoms with E-state index in [1.165, 1.54) is 24.8 Å². The number of amides is 1. The molecule has 2 aliphatic heterocycles. The summed E-state index contributed by atoms with van der Waals surface area (Å²) >= 11 is 0. The fourth-order valence-electron chi connectivity index (χ4n) is 3.71. The molecule has 3 rings (SSSR count). The van der Waals surface area contributed by atoms with Gasteiger partial charge in [0.1, 0.15) is 0 Å². The molecule has 3 heterocycles. The fraction of sp³-hybridized carbons (Fsp3) is 0.684. The Morgan fingerprint density at radius 2 is 2.04 bits per heavy atom. The topological polar surface area (TPSA) is 48.5 Å². The average molecular weight is 330 g/mol. The fourth-order valence-corrected chi connectivity index (χ4v) is 3.71. The minimum absolute atomic E-state index is 0.190. The number of rotatable bonds is 6. The number of nitrogens with one attached hydrogen (secondary N) is 1. The number of likely N-dealkylation sites (tertiary alicyclic amines) is 2. The van der Waals surface area contributed by atoms with Crippen LogP contribution in [-0.4, -0.2) is 60.0 Å². The van der Waals surface area contributed by atoms with Crippen molar-refractivity contribution in [3.8, 4) is 0 Å². The molecule has 132 valence electrons. The molecule has 1 amide bonds. The number of hydrogen-bond acceptors (Lipinski definition) is 4. The van der Waals surface area contributed by atoms with Crippen LogP contribution in [0.3, 0.4) is 0 Å². The molecular formula is C19H30N4O. The summed E-state index contributed by atoms with van der Waals surface area (Å²) < 4.78 is 0. The van der Waals surface area contributed by atoms with Gasteiger partial charge in [0.2, 0.25) is 5.91 Å². The lowest BCUT2D eigenvalue weighted by atomic mass is 9.99. The summed E-state index contributed by atoms with van der Waals surface area (Å²) in [5.74, 6) is 1.58. The molecule has 0 bridgehead atoms. The monoisotopic (exact) mass is 330 g/mol. The third-order valence-electron chi connectivity index (χ3n) is 5.33. The van der Waals surface area contributed by atoms with Crippen molar-refractivity contribution in [3.63, 3.8) is 0 Å². The summed E-state index contributed by atoms with van der Waals surface area (Å²) in [7, 11) is 0. The summed E-state index contributed by atoms with van der Waals surface area (Å²) in [5, 5.41) is 3.15. The van der Waals surface area contributed by atoms with Crippen LogP contribution < -0.4 is 5.32 Å². The quantitative estimate of drug-likeness (QED) is 0.863. The van der Waals surface area contributed by atoms with Crippen molar-refractivity contribution in [2.24, 2.45) is 11.8 Å². The minimum Gasteiger partial charge on any atom is -0.355 e. The first kappa shape index (κ1) is 17.4. The first-order chi connectivity index (χ1) is 11.7. The molecule has 0 aliphatic carbocycles. The van der Waals surface area contributed by atoms with Crippen LogP contribution in [0.5, 0.6) is 0 Å². The highest BCUT2D eigenvalue weighted by Crippen LogP contribution is 2.18. The zero-order valence-corrected chi connectivity index (χ0v) is 14.8. The van der Waals surface area contributed by atoms with Gasteiger partial charge in [0.25, 0.3) is 0 Å². The van der Waals surface area contributed by atoms with Gasteiger partial charge in [-0.15, -0.1) is 0 Å². The predicted molar refractivity (Wildman–Crippen MR) is 95.5 cm³/mol. The molecule has 24 heavy (non-hydrogen) atoms. The lowest BCUT2D eigenvalue weighted by molar-refractivity contribution is -0.122. The summed E-state index contributed by atoms with van der Waals surface area (Å²) in [6.07, 6.45) is 7.36. The molecule has 1 aromatic heterocycles. The highest BCUT2D eigenvalue weighted by atomic mass is 16.2. The molecular weight excluding hydrogens is 300 g/mol. The van der Waals surface area contributed by atoms with Gasteiger partial charge in [0.05, 0.1) is 6.54 Å². The lowest BCUT2D eigenvalue weighted by Gasteiger charge is -2.29. The van der Waals surface area contributed by atoms with Gasteiger partial charge in [-0.2, -0.15) is 0 Å². The van der Waals surface area contributed by atoms with Crippen molar-refractivity contribution in [1.29, 1.82) is 0 Å². The van der Waals surface area contributed by atoms with Crippen LogP contribution in [0, 0.1) is 11.8 Å². The number of hydrogen-bond donors (Lipinski definition) is 1. The number of carbonyl (C=O) groups is 1. The average Bonchev–Trinajstić information content (AvgIpc) is 3.03. The molecule has 5 heteroatoms. The molecule has 5 nitrogen and oxygen atoms in total. The second-order valence-electron chi connectivity index (χ2n) is 7.51. The van der Waals surface area contributed by atoms with E-state index < -0.39 is 0 Å². The zero-order valence-electron chi connectivity index (χ0n) is 14.8. The first-order valence-corrected chi connectivity index (χ1v) is 9.29. The van der Waals surface area contributed by atoms with Gasteiger partial charge in [-0.3, -0.25) is 19.6 Å². The van der Waals surface area contributed by atoms with Crippen LogP contribution in [0.25, 0.3) is 0 Å². The standard InChI is InChI=1S/C19H30N4O/c1-16-4-8-22(9-5-16)15-19(24)21-12-18-6-10-23(14-18)13-17-3-2-7-20-11-17/h2-3,7,11,16,18H,4-6,8-10,12-15H2,1H3,(H,21,24). The SMILES string of the molecule is CC1CCN(CC(=O)NCC2CCN(Cc3cccnc3)C2)CC1. The molecule has 0 radical (unpaired) electrons. The summed E-state index contributed by atoms with van der Waals surface area (Å²) in [6, 6.07) is 4.12. The molecule has 0 saturated carbocycles. The summed E-state index contributed by atoms with van der Waals surface area (Å²) in [5.41, 5.74) is 1.27. The van der Waals surface area contributed by atoms with Gasteiger partial charge in [-0.1, -0.05) is 13.0 Å². The van der Waals surface area contributed by atoms with Gasteiger partial charge in [-0.25, -0.2) is 0 Å². The maximum absolute atomic E-state index is 12.1. The molecule has 1 atom stereocenters. The van der Waals surface area contributed by atoms with E-state index in [-0.39, 0.29) is 5.91 Å². The molecule has 0 spiro atoms. The Labute approximate surface area is 145 Å². The Morgan fingerprint density at radius 3 is 2.79 bits per heavy atom. The van der Waals surface area contributed by atoms with Crippen LogP contribution in [0.4, 0.5) is 0 Å². The van der Waals surface area contributed by atoms with Gasteiger partial charge >= 0.3 is 0 Å². The largest absolute Gasteiger partial charge is 0.355 e. The van der Waals surface area contributed by atoms with Gasteiger partial charge in [-0.05, 0) is 62.4 Å². The number of aromatic nitrogens is 1. The minimum atomic E-state index is 0.190. The zero-order chi connectivity index (χ0) is 16.8. The van der Waals surface area contributed by atoms with E-state index in [1.54, 1.807) is 0 Å². The predicted octanol–water partition coefficient (Wildman–Crippen LogP) is 1.75. The smallest absolute Gasteiger partial charge is 0.234 e. The van der Waals surface area contributed by atoms with Crippen LogP contribution in [0.2, 0.25) is 0 Å². The Balaban J connectivity index is 1.33. The molecule has 2 fully saturated rings. The first-order valence-electron chi connectivity index (χ1n) is 9.29. The van der Waals surface area contributed by atoms with Crippen molar-refractivity contribution in [3.05, 3.63) is 30.1 Å². The molecule has 1 aromatic rings. The highest BCUT2D eigenvalue weighted by Gasteiger charge is 2.23. The molecule has 1 N–H and O–H groups in total. The summed E-state index contributed by atoms with van der Waals surface area (Å²) in [6.45, 7) is 8.95. The van der Waals surface area contributed by atoms with Crippen LogP contribution in [-0.2, 0) is 11.3 Å². The number of piperidine rings is 1. The second-order valence-corrected chi connectivity index (χ2v) is 7.51. The Morgan fingerprint density at radius 1 is 1.25 bits per heavy atom. The maximum Gasteiger partial charge on any atom is 0.234 e. The molecule has 2 aliphatic rings. The number of carbonyl (C=O) groups excluding carboxylic acids is 1. The van der Waals surface area contributed by atoms with Crippen LogP contribution >= 0.6 is 0 Å². The highest BCUT2D eigenvalue weighted by molar-refractivity contribution is 5.78. The number of pyridine rings is 1. The maximum atomic E-state index is 12.1. The second kappa shape index (κ2) is 8.58. The van der Waals surface area contributed by atoms with Crippen molar-refractivity contribution < 1.29 is 4.79 Å². The van der Waals surface area contributed by atoms with Gasteiger partial charge in [0, 0.05) is 32.0 Å². The van der Waals surface area contributed by atoms with Gasteiger partial charge in [0.15, 0.2) is 0 Å². The van der Waals surface area contributed by atoms with Crippen molar-refractivity contribution in [1.82, 2.24) is 20.1 Å². The molecule has 0 aromatic carbocycles. The molecule has 1 unspecified atom stereocenters. The van der Waals surface area contributed by atoms with Crippen molar-refractivity contribution >= 4 is 5.91 Å². The number of nitrogens with zero attached hydrogens (tertiary/aromatic N) is 3. The summed E-state index contributed by atoms with van der Waals surface area (Å²) in [4.78, 5) is 21.1. The Bertz CT molecular complexity index is 513. The van der Waals surface area contributed by atoms with E-state index in [4.69, 9.17) is 0 Å². The Kier molecular flexibility index (Phi) is 6.21. The van der Waals surface area contributed by atoms with Crippen molar-refractivity contribution in [2.45, 2.75) is 32.7 Å². The van der Waals surface area contributed by atoms with E-state index in [0.29, 0.717) is 12.5 Å². The van der Waals surface area contributed by atoms with Crippen LogP contribution in [0.15, 0.2) is 24.5 Å². The lowest BCUT2D eigenvalue weighted by Crippen LogP contribution is -2.42. The third-order valence-corrected chi connectivity index (χ3v) is 5.33. The van der Waals surface area contributed by atoms with Crippen molar-refractivity contribution in [2.75, 3.05) is 39.3 Å². The Hall–Kier alpha value is -1.46. The van der Waals surface area contributed by atoms with E-state index in [9.17, 15) is 4.79 Å². The normalized spacial score (nSPS) is 23.5. The van der Waals surface area contributed by atoms with E-state index in [1.807, 2.05) is 18.5 Å².